The zero-order chi connectivity index (χ0) is 25.2. The van der Waals surface area contributed by atoms with Crippen molar-refractivity contribution in [3.8, 4) is 0 Å². The largest absolute Gasteiger partial charge is 0.417 e. The summed E-state index contributed by atoms with van der Waals surface area (Å²) < 4.78 is 69.0. The van der Waals surface area contributed by atoms with Crippen LogP contribution in [-0.2, 0) is 27.2 Å². The standard InChI is InChI=1S/C24H32F4NO3PS/c1-23(2,19-7-9-20(25)10-8-19)12-3-4-15-34-22-11-6-18(16-21(22)24(26,27)28)17-29-13-5-14-32-33(30)31/h6-11,16,29,33H,3-5,12-15,17H2,1-2H3,(H,30,31). The monoisotopic (exact) mass is 521 g/mol. The van der Waals surface area contributed by atoms with Gasteiger partial charge in [0.2, 0.25) is 0 Å². The lowest BCUT2D eigenvalue weighted by atomic mass is 9.80. The van der Waals surface area contributed by atoms with Crippen molar-refractivity contribution in [2.45, 2.75) is 62.6 Å². The van der Waals surface area contributed by atoms with Crippen LogP contribution in [0.25, 0.3) is 0 Å². The van der Waals surface area contributed by atoms with E-state index in [1.54, 1.807) is 18.2 Å². The number of rotatable bonds is 14. The molecule has 2 aromatic carbocycles. The number of halogens is 4. The summed E-state index contributed by atoms with van der Waals surface area (Å²) in [4.78, 5) is 8.80. The van der Waals surface area contributed by atoms with E-state index in [1.807, 2.05) is 0 Å². The summed E-state index contributed by atoms with van der Waals surface area (Å²) in [6.07, 6.45) is -1.47. The van der Waals surface area contributed by atoms with E-state index in [-0.39, 0.29) is 29.3 Å². The lowest BCUT2D eigenvalue weighted by Gasteiger charge is -2.25. The molecule has 2 N–H and O–H groups in total. The molecule has 4 nitrogen and oxygen atoms in total. The molecule has 0 aliphatic rings. The smallest absolute Gasteiger partial charge is 0.326 e. The predicted octanol–water partition coefficient (Wildman–Crippen LogP) is 6.96. The lowest BCUT2D eigenvalue weighted by molar-refractivity contribution is -0.139. The van der Waals surface area contributed by atoms with Crippen LogP contribution in [0.1, 0.15) is 56.2 Å². The van der Waals surface area contributed by atoms with Gasteiger partial charge in [-0.25, -0.2) is 4.39 Å². The molecule has 0 radical (unpaired) electrons. The number of thioether (sulfide) groups is 1. The van der Waals surface area contributed by atoms with Crippen molar-refractivity contribution < 1.29 is 31.5 Å². The van der Waals surface area contributed by atoms with E-state index in [0.29, 0.717) is 24.3 Å². The number of unbranched alkanes of at least 4 members (excludes halogenated alkanes) is 1. The highest BCUT2D eigenvalue weighted by Crippen LogP contribution is 2.38. The summed E-state index contributed by atoms with van der Waals surface area (Å²) in [5.74, 6) is 0.305. The molecule has 0 aliphatic heterocycles. The Balaban J connectivity index is 1.83. The van der Waals surface area contributed by atoms with Crippen molar-refractivity contribution in [2.75, 3.05) is 18.9 Å². The van der Waals surface area contributed by atoms with Gasteiger partial charge in [0, 0.05) is 11.4 Å². The maximum absolute atomic E-state index is 13.6. The minimum absolute atomic E-state index is 0.117. The maximum atomic E-state index is 13.6. The van der Waals surface area contributed by atoms with Gasteiger partial charge in [0.05, 0.1) is 12.2 Å². The molecular formula is C24H32F4NO3PS. The van der Waals surface area contributed by atoms with Crippen molar-refractivity contribution in [3.05, 3.63) is 65.0 Å². The highest BCUT2D eigenvalue weighted by molar-refractivity contribution is 7.99. The molecule has 0 aromatic heterocycles. The number of alkyl halides is 3. The van der Waals surface area contributed by atoms with E-state index >= 15 is 0 Å². The van der Waals surface area contributed by atoms with E-state index < -0.39 is 20.0 Å². The molecule has 1 atom stereocenters. The zero-order valence-electron chi connectivity index (χ0n) is 19.4. The third-order valence-electron chi connectivity index (χ3n) is 5.48. The minimum atomic E-state index is -4.44. The molecule has 0 amide bonds. The van der Waals surface area contributed by atoms with Gasteiger partial charge in [0.1, 0.15) is 5.82 Å². The average Bonchev–Trinajstić information content (AvgIpc) is 2.76. The molecule has 34 heavy (non-hydrogen) atoms. The van der Waals surface area contributed by atoms with Crippen LogP contribution in [0.2, 0.25) is 0 Å². The molecule has 190 valence electrons. The Morgan fingerprint density at radius 1 is 1.06 bits per heavy atom. The highest BCUT2D eigenvalue weighted by atomic mass is 32.2. The van der Waals surface area contributed by atoms with Crippen molar-refractivity contribution in [2.24, 2.45) is 0 Å². The molecule has 0 bridgehead atoms. The quantitative estimate of drug-likeness (QED) is 0.122. The van der Waals surface area contributed by atoms with E-state index in [4.69, 9.17) is 4.89 Å². The van der Waals surface area contributed by atoms with Gasteiger partial charge >= 0.3 is 14.4 Å². The first kappa shape index (κ1) is 28.9. The maximum Gasteiger partial charge on any atom is 0.417 e. The Hall–Kier alpha value is -1.38. The van der Waals surface area contributed by atoms with Gasteiger partial charge in [0.15, 0.2) is 0 Å². The summed E-state index contributed by atoms with van der Waals surface area (Å²) >= 11 is 1.21. The highest BCUT2D eigenvalue weighted by Gasteiger charge is 2.33. The van der Waals surface area contributed by atoms with E-state index in [2.05, 4.69) is 23.7 Å². The molecule has 10 heteroatoms. The van der Waals surface area contributed by atoms with Gasteiger partial charge in [0.25, 0.3) is 0 Å². The van der Waals surface area contributed by atoms with Gasteiger partial charge in [-0.15, -0.1) is 11.8 Å². The molecule has 0 fully saturated rings. The van der Waals surface area contributed by atoms with Crippen LogP contribution in [0.3, 0.4) is 0 Å². The van der Waals surface area contributed by atoms with Crippen molar-refractivity contribution in [3.63, 3.8) is 0 Å². The normalized spacial score (nSPS) is 13.3. The first-order valence-electron chi connectivity index (χ1n) is 11.1. The SMILES string of the molecule is CC(C)(CCCCSc1ccc(CNCCCO[PH](=O)O)cc1C(F)(F)F)c1ccc(F)cc1. The zero-order valence-corrected chi connectivity index (χ0v) is 21.2. The fraction of sp³-hybridized carbons (Fsp3) is 0.500. The number of hydrogen-bond donors (Lipinski definition) is 2. The molecule has 0 saturated carbocycles. The Morgan fingerprint density at radius 2 is 1.76 bits per heavy atom. The summed E-state index contributed by atoms with van der Waals surface area (Å²) in [5, 5.41) is 3.02. The second-order valence-corrected chi connectivity index (χ2v) is 10.6. The summed E-state index contributed by atoms with van der Waals surface area (Å²) in [6, 6.07) is 10.8. The van der Waals surface area contributed by atoms with Gasteiger partial charge in [-0.05, 0) is 72.4 Å². The second-order valence-electron chi connectivity index (χ2n) is 8.67. The fourth-order valence-electron chi connectivity index (χ4n) is 3.52. The predicted molar refractivity (Wildman–Crippen MR) is 129 cm³/mol. The molecule has 0 saturated heterocycles. The van der Waals surface area contributed by atoms with Gasteiger partial charge in [-0.1, -0.05) is 38.5 Å². The van der Waals surface area contributed by atoms with Crippen LogP contribution < -0.4 is 5.32 Å². The topological polar surface area (TPSA) is 58.6 Å². The second kappa shape index (κ2) is 13.6. The molecule has 0 spiro atoms. The van der Waals surface area contributed by atoms with Gasteiger partial charge in [-0.3, -0.25) is 4.57 Å². The molecule has 2 aromatic rings. The molecule has 2 rings (SSSR count). The summed E-state index contributed by atoms with van der Waals surface area (Å²) in [7, 11) is -2.95. The number of hydrogen-bond acceptors (Lipinski definition) is 4. The summed E-state index contributed by atoms with van der Waals surface area (Å²) in [6.45, 7) is 5.01. The third kappa shape index (κ3) is 10.1. The van der Waals surface area contributed by atoms with Crippen molar-refractivity contribution in [1.29, 1.82) is 0 Å². The van der Waals surface area contributed by atoms with Crippen LogP contribution in [0, 0.1) is 5.82 Å². The fourth-order valence-corrected chi connectivity index (χ4v) is 4.90. The van der Waals surface area contributed by atoms with Crippen LogP contribution in [0.4, 0.5) is 17.6 Å². The van der Waals surface area contributed by atoms with E-state index in [0.717, 1.165) is 24.8 Å². The van der Waals surface area contributed by atoms with E-state index in [1.165, 1.54) is 36.0 Å². The van der Waals surface area contributed by atoms with Crippen LogP contribution in [0.5, 0.6) is 0 Å². The van der Waals surface area contributed by atoms with Gasteiger partial charge in [-0.2, -0.15) is 13.2 Å². The number of nitrogens with one attached hydrogen (secondary N) is 1. The first-order valence-corrected chi connectivity index (χ1v) is 13.4. The molecule has 0 heterocycles. The van der Waals surface area contributed by atoms with Crippen LogP contribution >= 0.6 is 20.0 Å². The molecular weight excluding hydrogens is 489 g/mol. The van der Waals surface area contributed by atoms with Crippen LogP contribution in [0.15, 0.2) is 47.4 Å². The molecule has 1 unspecified atom stereocenters. The van der Waals surface area contributed by atoms with Crippen LogP contribution in [-0.4, -0.2) is 23.8 Å². The Morgan fingerprint density at radius 3 is 2.41 bits per heavy atom. The van der Waals surface area contributed by atoms with Crippen molar-refractivity contribution >= 4 is 20.0 Å². The Bertz CT molecular complexity index is 923. The average molecular weight is 522 g/mol. The first-order chi connectivity index (χ1) is 16.0. The van der Waals surface area contributed by atoms with E-state index in [9.17, 15) is 22.1 Å². The Labute approximate surface area is 203 Å². The minimum Gasteiger partial charge on any atom is -0.326 e. The number of benzene rings is 2. The lowest BCUT2D eigenvalue weighted by Crippen LogP contribution is -2.17. The summed E-state index contributed by atoms with van der Waals surface area (Å²) in [5.41, 5.74) is 0.800. The molecule has 0 aliphatic carbocycles. The third-order valence-corrected chi connectivity index (χ3v) is 7.09. The Kier molecular flexibility index (Phi) is 11.6. The van der Waals surface area contributed by atoms with Gasteiger partial charge < -0.3 is 14.7 Å². The van der Waals surface area contributed by atoms with Crippen molar-refractivity contribution in [1.82, 2.24) is 5.32 Å².